The zero-order chi connectivity index (χ0) is 35.6. The highest BCUT2D eigenvalue weighted by molar-refractivity contribution is 5.57. The monoisotopic (exact) mass is 711 g/mol. The second-order valence-corrected chi connectivity index (χ2v) is 20.0. The quantitative estimate of drug-likeness (QED) is 0.177. The maximum Gasteiger partial charge on any atom is 0.1000 e. The molecule has 8 rings (SSSR count). The van der Waals surface area contributed by atoms with E-state index in [2.05, 4.69) is 19.1 Å². The first-order valence-electron chi connectivity index (χ1n) is 24.2. The summed E-state index contributed by atoms with van der Waals surface area (Å²) in [5.74, 6) is 4.30. The zero-order valence-corrected chi connectivity index (χ0v) is 34.4. The Morgan fingerprint density at radius 1 is 0.596 bits per heavy atom. The summed E-state index contributed by atoms with van der Waals surface area (Å²) in [5, 5.41) is 12.8. The Morgan fingerprint density at radius 2 is 1.17 bits per heavy atom. The molecule has 5 fully saturated rings. The van der Waals surface area contributed by atoms with E-state index in [0.29, 0.717) is 11.3 Å². The molecule has 292 valence electrons. The Kier molecular flexibility index (Phi) is 14.3. The van der Waals surface area contributed by atoms with Gasteiger partial charge in [-0.2, -0.15) is 0 Å². The van der Waals surface area contributed by atoms with Gasteiger partial charge in [0.1, 0.15) is 0 Å². The first-order valence-corrected chi connectivity index (χ1v) is 24.2. The fourth-order valence-electron chi connectivity index (χ4n) is 14.2. The lowest BCUT2D eigenvalue weighted by molar-refractivity contribution is -0.0425. The third-order valence-corrected chi connectivity index (χ3v) is 16.1. The molecule has 0 amide bonds. The van der Waals surface area contributed by atoms with Crippen molar-refractivity contribution < 1.29 is 5.11 Å². The van der Waals surface area contributed by atoms with Crippen molar-refractivity contribution in [1.82, 2.24) is 0 Å². The molecule has 1 unspecified atom stereocenters. The molecule has 0 spiro atoms. The predicted octanol–water partition coefficient (Wildman–Crippen LogP) is 16.5. The summed E-state index contributed by atoms with van der Waals surface area (Å²) in [5.41, 5.74) is 9.40. The number of hydrogen-bond donors (Lipinski definition) is 1. The van der Waals surface area contributed by atoms with Gasteiger partial charge in [0.25, 0.3) is 0 Å². The highest BCUT2D eigenvalue weighted by Crippen LogP contribution is 2.70. The van der Waals surface area contributed by atoms with E-state index >= 15 is 0 Å². The Labute approximate surface area is 322 Å². The lowest BCUT2D eigenvalue weighted by Gasteiger charge is -2.62. The first kappa shape index (κ1) is 39.0. The molecule has 8 aliphatic carbocycles. The van der Waals surface area contributed by atoms with E-state index in [9.17, 15) is 5.11 Å². The van der Waals surface area contributed by atoms with E-state index in [0.717, 1.165) is 29.9 Å². The van der Waals surface area contributed by atoms with Gasteiger partial charge in [-0.1, -0.05) is 127 Å². The maximum atomic E-state index is 12.8. The summed E-state index contributed by atoms with van der Waals surface area (Å²) in [6.07, 6.45) is 55.0. The molecule has 52 heavy (non-hydrogen) atoms. The van der Waals surface area contributed by atoms with Gasteiger partial charge in [0, 0.05) is 17.4 Å². The van der Waals surface area contributed by atoms with E-state index < -0.39 is 0 Å². The van der Waals surface area contributed by atoms with Crippen LogP contribution in [-0.4, -0.2) is 5.11 Å². The molecule has 1 N–H and O–H groups in total. The SMILES string of the molecule is CCCCCCCC1(/C2=C/CCCCCC2)CCC/C(O)=C(C2=C/CCCCCCCC\2)\C(C2CCCCCCC2)=C/1C12CC3CC(CC(C3)C1)C2. The number of unbranched alkanes of at least 4 members (excludes halogenated alkanes) is 4. The lowest BCUT2D eigenvalue weighted by atomic mass is 9.42. The van der Waals surface area contributed by atoms with Gasteiger partial charge in [-0.15, -0.1) is 0 Å². The van der Waals surface area contributed by atoms with Crippen molar-refractivity contribution >= 4 is 0 Å². The van der Waals surface area contributed by atoms with Gasteiger partial charge in [0.2, 0.25) is 0 Å². The van der Waals surface area contributed by atoms with Crippen LogP contribution >= 0.6 is 0 Å². The molecule has 5 saturated carbocycles. The van der Waals surface area contributed by atoms with E-state index in [1.54, 1.807) is 5.57 Å². The van der Waals surface area contributed by atoms with Gasteiger partial charge in [0.15, 0.2) is 0 Å². The summed E-state index contributed by atoms with van der Waals surface area (Å²) in [6.45, 7) is 2.39. The van der Waals surface area contributed by atoms with Gasteiger partial charge in [-0.25, -0.2) is 0 Å². The van der Waals surface area contributed by atoms with Crippen LogP contribution in [0.25, 0.3) is 0 Å². The Balaban J connectivity index is 1.50. The molecular formula is C51H82O. The second kappa shape index (κ2) is 19.1. The third-order valence-electron chi connectivity index (χ3n) is 16.1. The molecule has 1 atom stereocenters. The average molecular weight is 711 g/mol. The van der Waals surface area contributed by atoms with Crippen molar-refractivity contribution in [3.63, 3.8) is 0 Å². The minimum Gasteiger partial charge on any atom is -0.512 e. The van der Waals surface area contributed by atoms with Crippen LogP contribution in [0.2, 0.25) is 0 Å². The van der Waals surface area contributed by atoms with Crippen LogP contribution < -0.4 is 0 Å². The third kappa shape index (κ3) is 9.07. The predicted molar refractivity (Wildman–Crippen MR) is 224 cm³/mol. The van der Waals surface area contributed by atoms with E-state index in [1.807, 2.05) is 16.7 Å². The molecule has 0 aromatic heterocycles. The second-order valence-electron chi connectivity index (χ2n) is 20.0. The molecule has 1 nitrogen and oxygen atoms in total. The smallest absolute Gasteiger partial charge is 0.1000 e. The number of hydrogen-bond acceptors (Lipinski definition) is 1. The molecule has 0 aromatic rings. The standard InChI is InChI=1S/C51H82O/c1-2-3-4-16-23-32-51(45-29-21-14-9-15-22-30-45)33-24-31-46(52)47(43-25-17-10-6-5-7-11-18-26-43)48(44-27-19-12-8-13-20-28-44)49(51)50-37-40-34-41(38-50)36-42(35-40)39-50/h25,29,40-42,44,52H,2-24,26-28,30-39H2,1H3/b43-25+,45-29+,47-46+,49-48-. The molecule has 0 heterocycles. The number of rotatable bonds is 10. The Bertz CT molecular complexity index is 1230. The molecule has 0 saturated heterocycles. The normalized spacial score (nSPS) is 39.5. The van der Waals surface area contributed by atoms with Gasteiger partial charge in [-0.05, 0) is 168 Å². The minimum absolute atomic E-state index is 0.204. The fourth-order valence-corrected chi connectivity index (χ4v) is 14.2. The average Bonchev–Trinajstić information content (AvgIpc) is 3.09. The van der Waals surface area contributed by atoms with Crippen molar-refractivity contribution in [3.8, 4) is 0 Å². The van der Waals surface area contributed by atoms with Crippen LogP contribution in [0, 0.1) is 34.5 Å². The van der Waals surface area contributed by atoms with Crippen LogP contribution in [-0.2, 0) is 0 Å². The molecule has 8 aliphatic rings. The molecule has 0 aliphatic heterocycles. The number of aliphatic hydroxyl groups is 1. The number of allylic oxidation sites excluding steroid dienone is 8. The maximum absolute atomic E-state index is 12.8. The van der Waals surface area contributed by atoms with Gasteiger partial charge >= 0.3 is 0 Å². The van der Waals surface area contributed by atoms with Crippen LogP contribution in [0.4, 0.5) is 0 Å². The van der Waals surface area contributed by atoms with Crippen molar-refractivity contribution in [2.45, 2.75) is 238 Å². The van der Waals surface area contributed by atoms with E-state index in [-0.39, 0.29) is 5.41 Å². The first-order chi connectivity index (χ1) is 25.6. The van der Waals surface area contributed by atoms with Crippen molar-refractivity contribution in [2.24, 2.45) is 34.5 Å². The highest BCUT2D eigenvalue weighted by atomic mass is 16.3. The van der Waals surface area contributed by atoms with Crippen molar-refractivity contribution in [1.29, 1.82) is 0 Å². The van der Waals surface area contributed by atoms with E-state index in [4.69, 9.17) is 0 Å². The zero-order valence-electron chi connectivity index (χ0n) is 34.4. The fraction of sp³-hybridized carbons (Fsp3) is 0.843. The van der Waals surface area contributed by atoms with Gasteiger partial charge in [-0.3, -0.25) is 0 Å². The molecule has 1 heteroatoms. The summed E-state index contributed by atoms with van der Waals surface area (Å²) >= 11 is 0. The lowest BCUT2D eigenvalue weighted by Crippen LogP contribution is -2.51. The number of aliphatic hydroxyl groups excluding tert-OH is 1. The Hall–Kier alpha value is -1.24. The van der Waals surface area contributed by atoms with E-state index in [1.165, 1.54) is 230 Å². The van der Waals surface area contributed by atoms with Crippen molar-refractivity contribution in [2.75, 3.05) is 0 Å². The highest BCUT2D eigenvalue weighted by Gasteiger charge is 2.58. The summed E-state index contributed by atoms with van der Waals surface area (Å²) in [6, 6.07) is 0. The van der Waals surface area contributed by atoms with Gasteiger partial charge < -0.3 is 5.11 Å². The van der Waals surface area contributed by atoms with Crippen LogP contribution in [0.3, 0.4) is 0 Å². The minimum atomic E-state index is 0.204. The summed E-state index contributed by atoms with van der Waals surface area (Å²) in [4.78, 5) is 0. The molecular weight excluding hydrogens is 629 g/mol. The largest absolute Gasteiger partial charge is 0.512 e. The van der Waals surface area contributed by atoms with Gasteiger partial charge in [0.05, 0.1) is 5.76 Å². The molecule has 0 aromatic carbocycles. The van der Waals surface area contributed by atoms with Crippen LogP contribution in [0.15, 0.2) is 45.8 Å². The molecule has 0 radical (unpaired) electrons. The Morgan fingerprint density at radius 3 is 1.85 bits per heavy atom. The van der Waals surface area contributed by atoms with Crippen molar-refractivity contribution in [3.05, 3.63) is 45.8 Å². The topological polar surface area (TPSA) is 20.2 Å². The molecule has 4 bridgehead atoms. The van der Waals surface area contributed by atoms with Crippen LogP contribution in [0.5, 0.6) is 0 Å². The summed E-state index contributed by atoms with van der Waals surface area (Å²) < 4.78 is 0. The summed E-state index contributed by atoms with van der Waals surface area (Å²) in [7, 11) is 0. The van der Waals surface area contributed by atoms with Crippen LogP contribution in [0.1, 0.15) is 238 Å².